The van der Waals surface area contributed by atoms with E-state index in [2.05, 4.69) is 5.32 Å². The summed E-state index contributed by atoms with van der Waals surface area (Å²) < 4.78 is 11.0. The number of carbonyl (C=O) groups excluding carboxylic acids is 2. The highest BCUT2D eigenvalue weighted by molar-refractivity contribution is 6.35. The van der Waals surface area contributed by atoms with Crippen molar-refractivity contribution in [2.75, 3.05) is 32.0 Å². The van der Waals surface area contributed by atoms with Crippen molar-refractivity contribution in [2.24, 2.45) is 11.8 Å². The highest BCUT2D eigenvalue weighted by atomic mass is 35.5. The fraction of sp³-hybridized carbons (Fsp3) is 0.524. The van der Waals surface area contributed by atoms with Crippen LogP contribution in [0.4, 0.5) is 10.5 Å². The van der Waals surface area contributed by atoms with Gasteiger partial charge in [-0.2, -0.15) is 0 Å². The molecule has 7 nitrogen and oxygen atoms in total. The van der Waals surface area contributed by atoms with Crippen molar-refractivity contribution in [1.29, 1.82) is 0 Å². The molecule has 2 heterocycles. The minimum Gasteiger partial charge on any atom is -0.460 e. The lowest BCUT2D eigenvalue weighted by molar-refractivity contribution is 0.0773. The molecule has 1 fully saturated rings. The van der Waals surface area contributed by atoms with Crippen molar-refractivity contribution in [3.05, 3.63) is 28.5 Å². The third-order valence-electron chi connectivity index (χ3n) is 5.13. The number of ether oxygens (including phenoxy) is 1. The Kier molecular flexibility index (Phi) is 6.57. The molecule has 8 heteroatoms. The second-order valence-corrected chi connectivity index (χ2v) is 8.44. The lowest BCUT2D eigenvalue weighted by Crippen LogP contribution is -2.42. The number of hydrogen-bond acceptors (Lipinski definition) is 5. The number of anilines is 1. The first-order valence-electron chi connectivity index (χ1n) is 9.94. The van der Waals surface area contributed by atoms with Gasteiger partial charge in [-0.3, -0.25) is 4.79 Å². The molecule has 0 saturated carbocycles. The molecule has 1 aromatic heterocycles. The van der Waals surface area contributed by atoms with E-state index in [0.29, 0.717) is 71.1 Å². The van der Waals surface area contributed by atoms with Crippen molar-refractivity contribution < 1.29 is 18.7 Å². The van der Waals surface area contributed by atoms with Gasteiger partial charge < -0.3 is 25.1 Å². The van der Waals surface area contributed by atoms with E-state index in [1.54, 1.807) is 24.0 Å². The fourth-order valence-corrected chi connectivity index (χ4v) is 3.67. The second-order valence-electron chi connectivity index (χ2n) is 8.03. The van der Waals surface area contributed by atoms with Gasteiger partial charge in [0.1, 0.15) is 11.3 Å². The van der Waals surface area contributed by atoms with Crippen molar-refractivity contribution >= 4 is 40.3 Å². The predicted octanol–water partition coefficient (Wildman–Crippen LogP) is 4.21. The average Bonchev–Trinajstić information content (AvgIpc) is 3.09. The molecule has 1 aromatic carbocycles. The molecule has 1 saturated heterocycles. The zero-order valence-corrected chi connectivity index (χ0v) is 17.8. The molecule has 0 aliphatic carbocycles. The van der Waals surface area contributed by atoms with E-state index in [-0.39, 0.29) is 12.0 Å². The maximum absolute atomic E-state index is 12.7. The van der Waals surface area contributed by atoms with Crippen LogP contribution in [0, 0.1) is 18.8 Å². The van der Waals surface area contributed by atoms with Gasteiger partial charge in [0.25, 0.3) is 5.91 Å². The van der Waals surface area contributed by atoms with E-state index in [4.69, 9.17) is 26.5 Å². The van der Waals surface area contributed by atoms with Crippen molar-refractivity contribution in [3.63, 3.8) is 0 Å². The summed E-state index contributed by atoms with van der Waals surface area (Å²) in [7, 11) is 0. The number of furan rings is 1. The van der Waals surface area contributed by atoms with Crippen LogP contribution in [0.3, 0.4) is 0 Å². The number of carbonyl (C=O) groups is 2. The molecule has 2 aromatic rings. The Morgan fingerprint density at radius 2 is 2.03 bits per heavy atom. The maximum atomic E-state index is 12.7. The summed E-state index contributed by atoms with van der Waals surface area (Å²) in [6, 6.07) is 3.33. The van der Waals surface area contributed by atoms with Crippen LogP contribution in [0.2, 0.25) is 5.02 Å². The fourth-order valence-electron chi connectivity index (χ4n) is 3.46. The lowest BCUT2D eigenvalue weighted by Gasteiger charge is -2.31. The number of amides is 2. The Balaban J connectivity index is 1.55. The Morgan fingerprint density at radius 3 is 2.69 bits per heavy atom. The van der Waals surface area contributed by atoms with E-state index in [1.165, 1.54) is 0 Å². The number of hydrogen-bond donors (Lipinski definition) is 2. The molecule has 0 atom stereocenters. The van der Waals surface area contributed by atoms with Gasteiger partial charge in [0.15, 0.2) is 0 Å². The molecule has 1 aliphatic rings. The second kappa shape index (κ2) is 8.95. The number of fused-ring (bicyclic) bond motifs is 1. The van der Waals surface area contributed by atoms with Crippen LogP contribution in [0.1, 0.15) is 42.8 Å². The number of nitrogens with two attached hydrogens (primary N) is 1. The normalized spacial score (nSPS) is 15.1. The largest absolute Gasteiger partial charge is 0.460 e. The number of aryl methyl sites for hydroxylation is 1. The molecule has 0 bridgehead atoms. The summed E-state index contributed by atoms with van der Waals surface area (Å²) >= 11 is 6.19. The van der Waals surface area contributed by atoms with Crippen molar-refractivity contribution in [2.45, 2.75) is 33.6 Å². The number of benzene rings is 1. The number of likely N-dealkylation sites (tertiary alicyclic amines) is 1. The van der Waals surface area contributed by atoms with E-state index < -0.39 is 0 Å². The number of nitrogen functional groups attached to an aromatic ring is 1. The zero-order chi connectivity index (χ0) is 21.1. The van der Waals surface area contributed by atoms with Crippen LogP contribution in [-0.4, -0.2) is 43.1 Å². The predicted molar refractivity (Wildman–Crippen MR) is 113 cm³/mol. The van der Waals surface area contributed by atoms with E-state index in [1.807, 2.05) is 13.8 Å². The standard InChI is InChI=1S/C21H28ClN3O4/c1-12(2)11-28-21(27)25-6-4-14(5-7-25)10-24-20(26)16-9-17(22)18(23)15-8-13(3)29-19(15)16/h8-9,12,14H,4-7,10-11,23H2,1-3H3,(H,24,26). The molecule has 0 spiro atoms. The van der Waals surface area contributed by atoms with Gasteiger partial charge in [-0.05, 0) is 43.7 Å². The SMILES string of the molecule is Cc1cc2c(N)c(Cl)cc(C(=O)NCC3CCN(C(=O)OCC(C)C)CC3)c2o1. The van der Waals surface area contributed by atoms with Gasteiger partial charge in [0.05, 0.1) is 22.9 Å². The molecule has 3 N–H and O–H groups in total. The van der Waals surface area contributed by atoms with Gasteiger partial charge in [0.2, 0.25) is 0 Å². The smallest absolute Gasteiger partial charge is 0.409 e. The Hall–Kier alpha value is -2.41. The molecule has 29 heavy (non-hydrogen) atoms. The summed E-state index contributed by atoms with van der Waals surface area (Å²) in [6.45, 7) is 8.04. The first-order chi connectivity index (χ1) is 13.8. The Morgan fingerprint density at radius 1 is 1.34 bits per heavy atom. The van der Waals surface area contributed by atoms with Gasteiger partial charge >= 0.3 is 6.09 Å². The molecule has 0 unspecified atom stereocenters. The Labute approximate surface area is 175 Å². The van der Waals surface area contributed by atoms with Crippen LogP contribution in [0.5, 0.6) is 0 Å². The number of piperidine rings is 1. The first kappa shape index (κ1) is 21.3. The highest BCUT2D eigenvalue weighted by Gasteiger charge is 2.25. The molecular weight excluding hydrogens is 394 g/mol. The minimum absolute atomic E-state index is 0.245. The maximum Gasteiger partial charge on any atom is 0.409 e. The van der Waals surface area contributed by atoms with Crippen LogP contribution in [-0.2, 0) is 4.74 Å². The summed E-state index contributed by atoms with van der Waals surface area (Å²) in [5.74, 6) is 1.04. The third kappa shape index (κ3) is 4.96. The summed E-state index contributed by atoms with van der Waals surface area (Å²) in [6.07, 6.45) is 1.37. The highest BCUT2D eigenvalue weighted by Crippen LogP contribution is 2.34. The van der Waals surface area contributed by atoms with E-state index >= 15 is 0 Å². The average molecular weight is 422 g/mol. The van der Waals surface area contributed by atoms with Crippen molar-refractivity contribution in [1.82, 2.24) is 10.2 Å². The lowest BCUT2D eigenvalue weighted by atomic mass is 9.97. The van der Waals surface area contributed by atoms with Gasteiger partial charge in [-0.15, -0.1) is 0 Å². The van der Waals surface area contributed by atoms with E-state index in [0.717, 1.165) is 12.8 Å². The molecule has 3 rings (SSSR count). The van der Waals surface area contributed by atoms with E-state index in [9.17, 15) is 9.59 Å². The Bertz CT molecular complexity index is 901. The molecule has 158 valence electrons. The number of halogens is 1. The summed E-state index contributed by atoms with van der Waals surface area (Å²) in [4.78, 5) is 26.5. The minimum atomic E-state index is -0.256. The van der Waals surface area contributed by atoms with Crippen LogP contribution in [0.25, 0.3) is 11.0 Å². The molecular formula is C21H28ClN3O4. The van der Waals surface area contributed by atoms with Crippen molar-refractivity contribution in [3.8, 4) is 0 Å². The topological polar surface area (TPSA) is 97.8 Å². The van der Waals surface area contributed by atoms with Gasteiger partial charge in [-0.1, -0.05) is 25.4 Å². The van der Waals surface area contributed by atoms with Gasteiger partial charge in [0, 0.05) is 25.0 Å². The quantitative estimate of drug-likeness (QED) is 0.704. The number of nitrogens with one attached hydrogen (secondary N) is 1. The van der Waals surface area contributed by atoms with Crippen LogP contribution in [0.15, 0.2) is 16.5 Å². The van der Waals surface area contributed by atoms with Crippen LogP contribution < -0.4 is 11.1 Å². The zero-order valence-electron chi connectivity index (χ0n) is 17.1. The van der Waals surface area contributed by atoms with Gasteiger partial charge in [-0.25, -0.2) is 4.79 Å². The molecule has 0 radical (unpaired) electrons. The van der Waals surface area contributed by atoms with Crippen LogP contribution >= 0.6 is 11.6 Å². The number of nitrogens with zero attached hydrogens (tertiary/aromatic N) is 1. The third-order valence-corrected chi connectivity index (χ3v) is 5.44. The monoisotopic (exact) mass is 421 g/mol. The molecule has 2 amide bonds. The summed E-state index contributed by atoms with van der Waals surface area (Å²) in [5.41, 5.74) is 7.24. The first-order valence-corrected chi connectivity index (χ1v) is 10.3. The molecule has 1 aliphatic heterocycles. The number of rotatable bonds is 5. The summed E-state index contributed by atoms with van der Waals surface area (Å²) in [5, 5.41) is 3.94.